The van der Waals surface area contributed by atoms with E-state index in [1.165, 1.54) is 25.7 Å². The average molecular weight is 370 g/mol. The summed E-state index contributed by atoms with van der Waals surface area (Å²) in [6, 6.07) is 11.8. The molecule has 0 radical (unpaired) electrons. The number of imidazole rings is 1. The fourth-order valence-electron chi connectivity index (χ4n) is 4.26. The van der Waals surface area contributed by atoms with Gasteiger partial charge >= 0.3 is 5.69 Å². The summed E-state index contributed by atoms with van der Waals surface area (Å²) < 4.78 is 3.59. The molecule has 0 saturated heterocycles. The molecule has 1 saturated carbocycles. The number of fused-ring (bicyclic) bond motifs is 1. The van der Waals surface area contributed by atoms with Crippen LogP contribution in [0.25, 0.3) is 16.9 Å². The van der Waals surface area contributed by atoms with E-state index in [0.29, 0.717) is 10.8 Å². The monoisotopic (exact) mass is 369 g/mol. The molecular formula is C21H24ClN3O. The Morgan fingerprint density at radius 1 is 1.15 bits per heavy atom. The molecule has 0 amide bonds. The maximum absolute atomic E-state index is 13.3. The molecule has 3 aromatic rings. The molecule has 2 aromatic heterocycles. The summed E-state index contributed by atoms with van der Waals surface area (Å²) in [4.78, 5) is 17.8. The maximum Gasteiger partial charge on any atom is 0.335 e. The van der Waals surface area contributed by atoms with E-state index in [1.54, 1.807) is 10.6 Å². The number of halogens is 1. The highest BCUT2D eigenvalue weighted by molar-refractivity contribution is 6.29. The van der Waals surface area contributed by atoms with Gasteiger partial charge in [-0.2, -0.15) is 0 Å². The molecule has 0 N–H and O–H groups in total. The lowest BCUT2D eigenvalue weighted by molar-refractivity contribution is 0.390. The van der Waals surface area contributed by atoms with Gasteiger partial charge in [0, 0.05) is 6.04 Å². The van der Waals surface area contributed by atoms with Gasteiger partial charge in [0.05, 0.1) is 11.2 Å². The summed E-state index contributed by atoms with van der Waals surface area (Å²) in [6.07, 6.45) is 6.22. The Bertz CT molecular complexity index is 981. The lowest BCUT2D eigenvalue weighted by Gasteiger charge is -2.17. The van der Waals surface area contributed by atoms with Gasteiger partial charge in [0.1, 0.15) is 5.15 Å². The zero-order valence-electron chi connectivity index (χ0n) is 15.3. The van der Waals surface area contributed by atoms with Crippen molar-refractivity contribution in [2.75, 3.05) is 0 Å². The van der Waals surface area contributed by atoms with Gasteiger partial charge in [-0.1, -0.05) is 55.0 Å². The minimum Gasteiger partial charge on any atom is -0.287 e. The van der Waals surface area contributed by atoms with Gasteiger partial charge in [0.2, 0.25) is 0 Å². The SMILES string of the molecule is Cc1ccc(-n2c(=O)n(C(C)CC3CCCC3)c3ccc(Cl)nc32)cc1. The smallest absolute Gasteiger partial charge is 0.287 e. The number of pyridine rings is 1. The zero-order valence-corrected chi connectivity index (χ0v) is 16.0. The molecule has 1 fully saturated rings. The third-order valence-electron chi connectivity index (χ3n) is 5.57. The second-order valence-corrected chi connectivity index (χ2v) is 7.92. The van der Waals surface area contributed by atoms with Gasteiger partial charge < -0.3 is 0 Å². The van der Waals surface area contributed by atoms with Gasteiger partial charge in [-0.25, -0.2) is 14.3 Å². The number of nitrogens with zero attached hydrogens (tertiary/aromatic N) is 3. The van der Waals surface area contributed by atoms with Crippen molar-refractivity contribution in [2.24, 2.45) is 5.92 Å². The van der Waals surface area contributed by atoms with E-state index in [9.17, 15) is 4.79 Å². The summed E-state index contributed by atoms with van der Waals surface area (Å²) in [5.41, 5.74) is 3.43. The molecule has 4 rings (SSSR count). The summed E-state index contributed by atoms with van der Waals surface area (Å²) in [6.45, 7) is 4.18. The summed E-state index contributed by atoms with van der Waals surface area (Å²) in [5.74, 6) is 0.718. The van der Waals surface area contributed by atoms with Crippen molar-refractivity contribution in [1.29, 1.82) is 0 Å². The van der Waals surface area contributed by atoms with E-state index in [1.807, 2.05) is 41.8 Å². The first kappa shape index (κ1) is 17.3. The summed E-state index contributed by atoms with van der Waals surface area (Å²) in [7, 11) is 0. The number of hydrogen-bond donors (Lipinski definition) is 0. The Morgan fingerprint density at radius 3 is 2.54 bits per heavy atom. The molecule has 1 aromatic carbocycles. The molecule has 1 aliphatic carbocycles. The Labute approximate surface area is 158 Å². The highest BCUT2D eigenvalue weighted by Gasteiger charge is 2.24. The minimum absolute atomic E-state index is 0.0379. The Balaban J connectivity index is 1.86. The van der Waals surface area contributed by atoms with Crippen molar-refractivity contribution in [3.63, 3.8) is 0 Å². The molecule has 0 spiro atoms. The Morgan fingerprint density at radius 2 is 1.85 bits per heavy atom. The van der Waals surface area contributed by atoms with Crippen LogP contribution in [0, 0.1) is 12.8 Å². The van der Waals surface area contributed by atoms with E-state index < -0.39 is 0 Å². The normalized spacial score (nSPS) is 16.4. The van der Waals surface area contributed by atoms with Crippen LogP contribution < -0.4 is 5.69 Å². The first-order valence-electron chi connectivity index (χ1n) is 9.41. The van der Waals surface area contributed by atoms with E-state index in [2.05, 4.69) is 11.9 Å². The first-order chi connectivity index (χ1) is 12.5. The van der Waals surface area contributed by atoms with Crippen LogP contribution in [0.2, 0.25) is 5.15 Å². The minimum atomic E-state index is -0.0379. The topological polar surface area (TPSA) is 39.8 Å². The predicted octanol–water partition coefficient (Wildman–Crippen LogP) is 5.29. The highest BCUT2D eigenvalue weighted by Crippen LogP contribution is 2.32. The van der Waals surface area contributed by atoms with Gasteiger partial charge in [-0.15, -0.1) is 0 Å². The second kappa shape index (κ2) is 6.92. The van der Waals surface area contributed by atoms with Crippen LogP contribution in [-0.2, 0) is 0 Å². The average Bonchev–Trinajstić information content (AvgIpc) is 3.21. The molecule has 136 valence electrons. The molecule has 0 bridgehead atoms. The van der Waals surface area contributed by atoms with Crippen molar-refractivity contribution in [1.82, 2.24) is 14.1 Å². The second-order valence-electron chi connectivity index (χ2n) is 7.54. The van der Waals surface area contributed by atoms with Crippen LogP contribution in [-0.4, -0.2) is 14.1 Å². The van der Waals surface area contributed by atoms with Crippen molar-refractivity contribution in [3.05, 3.63) is 57.6 Å². The van der Waals surface area contributed by atoms with Crippen LogP contribution in [0.4, 0.5) is 0 Å². The Kier molecular flexibility index (Phi) is 4.62. The number of benzene rings is 1. The maximum atomic E-state index is 13.3. The van der Waals surface area contributed by atoms with E-state index in [0.717, 1.165) is 29.1 Å². The van der Waals surface area contributed by atoms with E-state index in [4.69, 9.17) is 11.6 Å². The van der Waals surface area contributed by atoms with Crippen LogP contribution in [0.5, 0.6) is 0 Å². The largest absolute Gasteiger partial charge is 0.335 e. The molecule has 26 heavy (non-hydrogen) atoms. The Hall–Kier alpha value is -2.07. The number of aromatic nitrogens is 3. The first-order valence-corrected chi connectivity index (χ1v) is 9.79. The van der Waals surface area contributed by atoms with E-state index in [-0.39, 0.29) is 11.7 Å². The van der Waals surface area contributed by atoms with Crippen molar-refractivity contribution in [2.45, 2.75) is 52.0 Å². The van der Waals surface area contributed by atoms with Crippen LogP contribution in [0.15, 0.2) is 41.2 Å². The number of hydrogen-bond acceptors (Lipinski definition) is 2. The summed E-state index contributed by atoms with van der Waals surface area (Å²) in [5, 5.41) is 0.402. The lowest BCUT2D eigenvalue weighted by atomic mass is 9.99. The van der Waals surface area contributed by atoms with Gasteiger partial charge in [0.15, 0.2) is 5.65 Å². The van der Waals surface area contributed by atoms with Crippen LogP contribution in [0.1, 0.15) is 50.6 Å². The standard InChI is InChI=1S/C21H24ClN3O/c1-14-7-9-17(10-8-14)25-20-18(11-12-19(22)23-20)24(21(25)26)15(2)13-16-5-3-4-6-16/h7-12,15-16H,3-6,13H2,1-2H3. The highest BCUT2D eigenvalue weighted by atomic mass is 35.5. The van der Waals surface area contributed by atoms with Gasteiger partial charge in [-0.3, -0.25) is 4.57 Å². The van der Waals surface area contributed by atoms with Crippen LogP contribution >= 0.6 is 11.6 Å². The molecule has 5 heteroatoms. The molecule has 1 unspecified atom stereocenters. The molecule has 4 nitrogen and oxygen atoms in total. The molecule has 1 aliphatic rings. The van der Waals surface area contributed by atoms with Crippen molar-refractivity contribution >= 4 is 22.8 Å². The summed E-state index contributed by atoms with van der Waals surface area (Å²) >= 11 is 6.15. The number of rotatable bonds is 4. The lowest BCUT2D eigenvalue weighted by Crippen LogP contribution is -2.26. The van der Waals surface area contributed by atoms with Crippen LogP contribution in [0.3, 0.4) is 0 Å². The van der Waals surface area contributed by atoms with Crippen molar-refractivity contribution < 1.29 is 0 Å². The van der Waals surface area contributed by atoms with Gasteiger partial charge in [0.25, 0.3) is 0 Å². The molecule has 2 heterocycles. The third kappa shape index (κ3) is 3.07. The predicted molar refractivity (Wildman–Crippen MR) is 106 cm³/mol. The fraction of sp³-hybridized carbons (Fsp3) is 0.429. The van der Waals surface area contributed by atoms with Crippen molar-refractivity contribution in [3.8, 4) is 5.69 Å². The fourth-order valence-corrected chi connectivity index (χ4v) is 4.40. The number of aryl methyl sites for hydroxylation is 1. The quantitative estimate of drug-likeness (QED) is 0.586. The van der Waals surface area contributed by atoms with Gasteiger partial charge in [-0.05, 0) is 50.5 Å². The van der Waals surface area contributed by atoms with E-state index >= 15 is 0 Å². The third-order valence-corrected chi connectivity index (χ3v) is 5.78. The zero-order chi connectivity index (χ0) is 18.3. The molecule has 1 atom stereocenters. The molecule has 0 aliphatic heterocycles. The molecular weight excluding hydrogens is 346 g/mol.